The van der Waals surface area contributed by atoms with E-state index < -0.39 is 5.38 Å². The van der Waals surface area contributed by atoms with Crippen LogP contribution in [0.3, 0.4) is 0 Å². The summed E-state index contributed by atoms with van der Waals surface area (Å²) in [7, 11) is 0. The summed E-state index contributed by atoms with van der Waals surface area (Å²) < 4.78 is 0. The van der Waals surface area contributed by atoms with Gasteiger partial charge in [0, 0.05) is 4.88 Å². The highest BCUT2D eigenvalue weighted by Gasteiger charge is 2.22. The molecule has 1 aliphatic rings. The van der Waals surface area contributed by atoms with Crippen molar-refractivity contribution in [1.29, 1.82) is 5.26 Å². The third-order valence-electron chi connectivity index (χ3n) is 2.88. The Morgan fingerprint density at radius 3 is 2.88 bits per heavy atom. The molecule has 90 valence electrons. The van der Waals surface area contributed by atoms with E-state index in [9.17, 15) is 10.1 Å². The molecule has 0 saturated heterocycles. The molecule has 0 unspecified atom stereocenters. The summed E-state index contributed by atoms with van der Waals surface area (Å²) in [6.07, 6.45) is 4.25. The Hall–Kier alpha value is -1.05. The standard InChI is InChI=1S/C12H13ClN2OS/c1-7(13)11(16)15-12-9(6-14)8-4-2-3-5-10(8)17-12/h7H,2-5H2,1H3,(H,15,16)/t7-/m1/s1. The van der Waals surface area contributed by atoms with Gasteiger partial charge >= 0.3 is 0 Å². The molecule has 0 saturated carbocycles. The monoisotopic (exact) mass is 268 g/mol. The van der Waals surface area contributed by atoms with Gasteiger partial charge in [0.25, 0.3) is 0 Å². The third kappa shape index (κ3) is 2.46. The SMILES string of the molecule is C[C@@H](Cl)C(=O)Nc1sc2c(c1C#N)CCCC2. The minimum Gasteiger partial charge on any atom is -0.315 e. The van der Waals surface area contributed by atoms with Crippen molar-refractivity contribution in [1.82, 2.24) is 0 Å². The van der Waals surface area contributed by atoms with Crippen molar-refractivity contribution in [3.8, 4) is 6.07 Å². The summed E-state index contributed by atoms with van der Waals surface area (Å²) >= 11 is 7.23. The molecule has 1 aliphatic carbocycles. The Morgan fingerprint density at radius 1 is 1.53 bits per heavy atom. The average molecular weight is 269 g/mol. The predicted octanol–water partition coefficient (Wildman–Crippen LogP) is 3.06. The Balaban J connectivity index is 2.32. The fourth-order valence-corrected chi connectivity index (χ4v) is 3.28. The molecule has 1 heterocycles. The molecule has 0 radical (unpaired) electrons. The number of nitrogens with zero attached hydrogens (tertiary/aromatic N) is 1. The Bertz CT molecular complexity index is 487. The van der Waals surface area contributed by atoms with Crippen LogP contribution in [0.2, 0.25) is 0 Å². The number of hydrogen-bond donors (Lipinski definition) is 1. The maximum absolute atomic E-state index is 11.5. The first-order chi connectivity index (χ1) is 8.13. The molecular formula is C12H13ClN2OS. The quantitative estimate of drug-likeness (QED) is 0.838. The summed E-state index contributed by atoms with van der Waals surface area (Å²) in [6.45, 7) is 1.62. The van der Waals surface area contributed by atoms with E-state index in [-0.39, 0.29) is 5.91 Å². The number of nitriles is 1. The van der Waals surface area contributed by atoms with Crippen LogP contribution >= 0.6 is 22.9 Å². The number of carbonyl (C=O) groups is 1. The van der Waals surface area contributed by atoms with Crippen LogP contribution < -0.4 is 5.32 Å². The summed E-state index contributed by atoms with van der Waals surface area (Å²) in [5.41, 5.74) is 1.76. The first-order valence-electron chi connectivity index (χ1n) is 5.63. The number of rotatable bonds is 2. The molecule has 0 spiro atoms. The molecular weight excluding hydrogens is 256 g/mol. The van der Waals surface area contributed by atoms with Gasteiger partial charge in [-0.3, -0.25) is 4.79 Å². The second-order valence-electron chi connectivity index (χ2n) is 4.13. The Labute approximate surface area is 109 Å². The number of amides is 1. The van der Waals surface area contributed by atoms with Gasteiger partial charge in [0.05, 0.1) is 5.56 Å². The first-order valence-corrected chi connectivity index (χ1v) is 6.88. The number of carbonyl (C=O) groups excluding carboxylic acids is 1. The lowest BCUT2D eigenvalue weighted by atomic mass is 9.96. The minimum atomic E-state index is -0.583. The molecule has 17 heavy (non-hydrogen) atoms. The van der Waals surface area contributed by atoms with E-state index >= 15 is 0 Å². The van der Waals surface area contributed by atoms with Crippen molar-refractivity contribution in [3.05, 3.63) is 16.0 Å². The normalized spacial score (nSPS) is 15.8. The summed E-state index contributed by atoms with van der Waals surface area (Å²) in [6, 6.07) is 2.20. The summed E-state index contributed by atoms with van der Waals surface area (Å²) in [5, 5.41) is 12.0. The number of anilines is 1. The smallest absolute Gasteiger partial charge is 0.242 e. The number of nitrogens with one attached hydrogen (secondary N) is 1. The average Bonchev–Trinajstić information content (AvgIpc) is 2.65. The van der Waals surface area contributed by atoms with E-state index in [4.69, 9.17) is 11.6 Å². The Kier molecular flexibility index (Phi) is 3.70. The van der Waals surface area contributed by atoms with Crippen molar-refractivity contribution < 1.29 is 4.79 Å². The number of alkyl halides is 1. The van der Waals surface area contributed by atoms with Gasteiger partial charge in [-0.1, -0.05) is 0 Å². The molecule has 5 heteroatoms. The maximum atomic E-state index is 11.5. The highest BCUT2D eigenvalue weighted by molar-refractivity contribution is 7.16. The van der Waals surface area contributed by atoms with Crippen LogP contribution in [0.4, 0.5) is 5.00 Å². The highest BCUT2D eigenvalue weighted by atomic mass is 35.5. The second kappa shape index (κ2) is 5.07. The zero-order valence-corrected chi connectivity index (χ0v) is 11.1. The van der Waals surface area contributed by atoms with Gasteiger partial charge in [0.2, 0.25) is 5.91 Å². The van der Waals surface area contributed by atoms with Gasteiger partial charge in [-0.25, -0.2) is 0 Å². The molecule has 0 fully saturated rings. The number of aryl methyl sites for hydroxylation is 1. The van der Waals surface area contributed by atoms with E-state index in [0.29, 0.717) is 10.6 Å². The third-order valence-corrected chi connectivity index (χ3v) is 4.29. The minimum absolute atomic E-state index is 0.248. The lowest BCUT2D eigenvalue weighted by Crippen LogP contribution is -2.20. The van der Waals surface area contributed by atoms with Crippen LogP contribution in [-0.4, -0.2) is 11.3 Å². The number of fused-ring (bicyclic) bond motifs is 1. The van der Waals surface area contributed by atoms with Crippen LogP contribution in [0, 0.1) is 11.3 Å². The molecule has 0 aromatic carbocycles. The first kappa shape index (κ1) is 12.4. The van der Waals surface area contributed by atoms with Gasteiger partial charge in [-0.05, 0) is 38.2 Å². The molecule has 1 atom stereocenters. The summed E-state index contributed by atoms with van der Waals surface area (Å²) in [4.78, 5) is 12.8. The molecule has 0 aliphatic heterocycles. The van der Waals surface area contributed by atoms with Gasteiger partial charge < -0.3 is 5.32 Å². The maximum Gasteiger partial charge on any atom is 0.242 e. The van der Waals surface area contributed by atoms with Crippen LogP contribution in [0.25, 0.3) is 0 Å². The van der Waals surface area contributed by atoms with E-state index in [1.807, 2.05) is 0 Å². The van der Waals surface area contributed by atoms with E-state index in [0.717, 1.165) is 31.2 Å². The number of hydrogen-bond acceptors (Lipinski definition) is 3. The van der Waals surface area contributed by atoms with Crippen LogP contribution in [-0.2, 0) is 17.6 Å². The van der Waals surface area contributed by atoms with Crippen molar-refractivity contribution in [2.45, 2.75) is 38.0 Å². The molecule has 1 amide bonds. The zero-order chi connectivity index (χ0) is 12.4. The van der Waals surface area contributed by atoms with Gasteiger partial charge in [0.15, 0.2) is 0 Å². The fraction of sp³-hybridized carbons (Fsp3) is 0.500. The Morgan fingerprint density at radius 2 is 2.24 bits per heavy atom. The largest absolute Gasteiger partial charge is 0.315 e. The second-order valence-corrected chi connectivity index (χ2v) is 5.89. The predicted molar refractivity (Wildman–Crippen MR) is 69.6 cm³/mol. The van der Waals surface area contributed by atoms with E-state index in [1.165, 1.54) is 16.2 Å². The fourth-order valence-electron chi connectivity index (χ4n) is 1.98. The van der Waals surface area contributed by atoms with Crippen LogP contribution in [0.1, 0.15) is 35.8 Å². The molecule has 1 aromatic rings. The van der Waals surface area contributed by atoms with Gasteiger partial charge in [0.1, 0.15) is 16.4 Å². The van der Waals surface area contributed by atoms with Crippen molar-refractivity contribution in [2.75, 3.05) is 5.32 Å². The van der Waals surface area contributed by atoms with Crippen molar-refractivity contribution in [2.24, 2.45) is 0 Å². The lowest BCUT2D eigenvalue weighted by molar-refractivity contribution is -0.115. The molecule has 1 N–H and O–H groups in total. The number of halogens is 1. The van der Waals surface area contributed by atoms with Crippen LogP contribution in [0.15, 0.2) is 0 Å². The topological polar surface area (TPSA) is 52.9 Å². The highest BCUT2D eigenvalue weighted by Crippen LogP contribution is 2.37. The van der Waals surface area contributed by atoms with Crippen molar-refractivity contribution in [3.63, 3.8) is 0 Å². The summed E-state index contributed by atoms with van der Waals surface area (Å²) in [5.74, 6) is -0.248. The molecule has 2 rings (SSSR count). The van der Waals surface area contributed by atoms with Gasteiger partial charge in [-0.2, -0.15) is 5.26 Å². The van der Waals surface area contributed by atoms with E-state index in [2.05, 4.69) is 11.4 Å². The zero-order valence-electron chi connectivity index (χ0n) is 9.55. The molecule has 0 bridgehead atoms. The van der Waals surface area contributed by atoms with Crippen LogP contribution in [0.5, 0.6) is 0 Å². The van der Waals surface area contributed by atoms with Gasteiger partial charge in [-0.15, -0.1) is 22.9 Å². The molecule has 1 aromatic heterocycles. The number of thiophene rings is 1. The molecule has 3 nitrogen and oxygen atoms in total. The lowest BCUT2D eigenvalue weighted by Gasteiger charge is -2.09. The van der Waals surface area contributed by atoms with E-state index in [1.54, 1.807) is 6.92 Å². The van der Waals surface area contributed by atoms with Crippen molar-refractivity contribution >= 4 is 33.8 Å².